The highest BCUT2D eigenvalue weighted by Gasteiger charge is 2.34. The molecular formula is C28H33NO4. The molecule has 3 aromatic rings. The Morgan fingerprint density at radius 2 is 1.52 bits per heavy atom. The summed E-state index contributed by atoms with van der Waals surface area (Å²) in [5, 5.41) is 14.7. The van der Waals surface area contributed by atoms with Crippen molar-refractivity contribution < 1.29 is 19.3 Å². The number of hydrogen-bond donors (Lipinski definition) is 2. The normalized spacial score (nSPS) is 20.2. The number of nitrogens with one attached hydrogen (secondary N) is 1. The van der Waals surface area contributed by atoms with Crippen LogP contribution in [0.25, 0.3) is 0 Å². The Morgan fingerprint density at radius 3 is 2.21 bits per heavy atom. The number of hydrogen-bond acceptors (Lipinski definition) is 5. The molecule has 33 heavy (non-hydrogen) atoms. The molecule has 0 aromatic heterocycles. The number of benzene rings is 3. The Labute approximate surface area is 196 Å². The highest BCUT2D eigenvalue weighted by atomic mass is 16.5. The molecule has 2 N–H and O–H groups in total. The Kier molecular flexibility index (Phi) is 7.87. The van der Waals surface area contributed by atoms with Gasteiger partial charge < -0.3 is 24.6 Å². The maximum Gasteiger partial charge on any atom is 0.120 e. The number of methoxy groups -OCH3 is 1. The summed E-state index contributed by atoms with van der Waals surface area (Å²) >= 11 is 0. The van der Waals surface area contributed by atoms with E-state index in [2.05, 4.69) is 17.4 Å². The van der Waals surface area contributed by atoms with Crippen molar-refractivity contribution in [1.82, 2.24) is 5.32 Å². The first kappa shape index (κ1) is 23.1. The van der Waals surface area contributed by atoms with E-state index in [4.69, 9.17) is 14.2 Å². The van der Waals surface area contributed by atoms with Gasteiger partial charge in [0, 0.05) is 12.5 Å². The standard InChI is InChI=1S/C28H33NO4/c1-31-25-9-7-22(8-10-25)19-28(30)16-17-29-24(20-28)15-18-32-26-11-13-27(14-12-26)33-21-23-5-3-2-4-6-23/h2-14,24,29-30H,15-21H2,1H3. The van der Waals surface area contributed by atoms with E-state index < -0.39 is 5.60 Å². The van der Waals surface area contributed by atoms with Crippen LogP contribution in [0.2, 0.25) is 0 Å². The van der Waals surface area contributed by atoms with Crippen LogP contribution in [-0.4, -0.2) is 37.0 Å². The first-order valence-corrected chi connectivity index (χ1v) is 11.6. The number of ether oxygens (including phenoxy) is 3. The average Bonchev–Trinajstić information content (AvgIpc) is 2.84. The summed E-state index contributed by atoms with van der Waals surface area (Å²) in [5.74, 6) is 2.48. The van der Waals surface area contributed by atoms with Gasteiger partial charge in [0.2, 0.25) is 0 Å². The highest BCUT2D eigenvalue weighted by Crippen LogP contribution is 2.28. The Balaban J connectivity index is 1.21. The molecule has 4 rings (SSSR count). The van der Waals surface area contributed by atoms with Crippen LogP contribution in [0.4, 0.5) is 0 Å². The molecule has 1 saturated heterocycles. The van der Waals surface area contributed by atoms with Crippen LogP contribution in [0, 0.1) is 0 Å². The summed E-state index contributed by atoms with van der Waals surface area (Å²) in [4.78, 5) is 0. The van der Waals surface area contributed by atoms with Crippen LogP contribution in [0.1, 0.15) is 30.4 Å². The van der Waals surface area contributed by atoms with Gasteiger partial charge in [-0.1, -0.05) is 42.5 Å². The predicted molar refractivity (Wildman–Crippen MR) is 130 cm³/mol. The molecule has 2 atom stereocenters. The molecule has 1 aliphatic heterocycles. The number of rotatable bonds is 10. The van der Waals surface area contributed by atoms with Gasteiger partial charge in [-0.05, 0) is 73.3 Å². The predicted octanol–water partition coefficient (Wildman–Crippen LogP) is 4.77. The first-order chi connectivity index (χ1) is 16.1. The van der Waals surface area contributed by atoms with Crippen LogP contribution >= 0.6 is 0 Å². The van der Waals surface area contributed by atoms with E-state index in [1.165, 1.54) is 0 Å². The van der Waals surface area contributed by atoms with Gasteiger partial charge in [-0.15, -0.1) is 0 Å². The van der Waals surface area contributed by atoms with Gasteiger partial charge in [0.05, 0.1) is 19.3 Å². The summed E-state index contributed by atoms with van der Waals surface area (Å²) < 4.78 is 17.0. The van der Waals surface area contributed by atoms with E-state index in [-0.39, 0.29) is 6.04 Å². The molecule has 3 aromatic carbocycles. The van der Waals surface area contributed by atoms with Gasteiger partial charge in [0.1, 0.15) is 23.9 Å². The SMILES string of the molecule is COc1ccc(CC2(O)CCNC(CCOc3ccc(OCc4ccccc4)cc3)C2)cc1. The van der Waals surface area contributed by atoms with Crippen molar-refractivity contribution in [2.45, 2.75) is 43.9 Å². The molecule has 1 heterocycles. The molecule has 0 amide bonds. The lowest BCUT2D eigenvalue weighted by Crippen LogP contribution is -2.49. The van der Waals surface area contributed by atoms with E-state index >= 15 is 0 Å². The molecule has 2 unspecified atom stereocenters. The minimum absolute atomic E-state index is 0.232. The summed E-state index contributed by atoms with van der Waals surface area (Å²) in [6.07, 6.45) is 2.97. The first-order valence-electron chi connectivity index (χ1n) is 11.6. The monoisotopic (exact) mass is 447 g/mol. The molecule has 0 saturated carbocycles. The van der Waals surface area contributed by atoms with Crippen LogP contribution in [-0.2, 0) is 13.0 Å². The molecule has 1 fully saturated rings. The molecule has 5 nitrogen and oxygen atoms in total. The van der Waals surface area contributed by atoms with E-state index in [0.29, 0.717) is 26.1 Å². The fraction of sp³-hybridized carbons (Fsp3) is 0.357. The van der Waals surface area contributed by atoms with Crippen molar-refractivity contribution in [2.75, 3.05) is 20.3 Å². The number of aliphatic hydroxyl groups is 1. The Hall–Kier alpha value is -3.02. The Bertz CT molecular complexity index is 975. The summed E-state index contributed by atoms with van der Waals surface area (Å²) in [5.41, 5.74) is 1.58. The van der Waals surface area contributed by atoms with Gasteiger partial charge in [-0.25, -0.2) is 0 Å². The second-order valence-electron chi connectivity index (χ2n) is 8.74. The lowest BCUT2D eigenvalue weighted by molar-refractivity contribution is -0.00627. The minimum Gasteiger partial charge on any atom is -0.497 e. The third-order valence-corrected chi connectivity index (χ3v) is 6.15. The topological polar surface area (TPSA) is 60.0 Å². The Morgan fingerprint density at radius 1 is 0.848 bits per heavy atom. The second-order valence-corrected chi connectivity index (χ2v) is 8.74. The quantitative estimate of drug-likeness (QED) is 0.469. The smallest absolute Gasteiger partial charge is 0.120 e. The third kappa shape index (κ3) is 6.98. The van der Waals surface area contributed by atoms with Crippen molar-refractivity contribution in [1.29, 1.82) is 0 Å². The molecule has 1 aliphatic rings. The van der Waals surface area contributed by atoms with Crippen LogP contribution in [0.3, 0.4) is 0 Å². The van der Waals surface area contributed by atoms with Crippen molar-refractivity contribution in [2.24, 2.45) is 0 Å². The molecule has 0 radical (unpaired) electrons. The van der Waals surface area contributed by atoms with Gasteiger partial charge in [-0.2, -0.15) is 0 Å². The third-order valence-electron chi connectivity index (χ3n) is 6.15. The molecule has 0 spiro atoms. The largest absolute Gasteiger partial charge is 0.497 e. The molecule has 0 bridgehead atoms. The summed E-state index contributed by atoms with van der Waals surface area (Å²) in [6.45, 7) is 1.96. The van der Waals surface area contributed by atoms with Crippen LogP contribution < -0.4 is 19.5 Å². The fourth-order valence-corrected chi connectivity index (χ4v) is 4.32. The van der Waals surface area contributed by atoms with Crippen molar-refractivity contribution in [3.05, 3.63) is 90.0 Å². The lowest BCUT2D eigenvalue weighted by atomic mass is 9.82. The molecule has 0 aliphatic carbocycles. The van der Waals surface area contributed by atoms with E-state index in [1.54, 1.807) is 7.11 Å². The maximum atomic E-state index is 11.2. The minimum atomic E-state index is -0.692. The van der Waals surface area contributed by atoms with Gasteiger partial charge in [0.25, 0.3) is 0 Å². The van der Waals surface area contributed by atoms with E-state index in [1.807, 2.05) is 66.7 Å². The maximum absolute atomic E-state index is 11.2. The fourth-order valence-electron chi connectivity index (χ4n) is 4.32. The van der Waals surface area contributed by atoms with E-state index in [9.17, 15) is 5.11 Å². The molecule has 174 valence electrons. The van der Waals surface area contributed by atoms with Crippen molar-refractivity contribution >= 4 is 0 Å². The molecule has 5 heteroatoms. The summed E-state index contributed by atoms with van der Waals surface area (Å²) in [6, 6.07) is 26.1. The van der Waals surface area contributed by atoms with Gasteiger partial charge in [0.15, 0.2) is 0 Å². The zero-order valence-corrected chi connectivity index (χ0v) is 19.2. The van der Waals surface area contributed by atoms with Crippen molar-refractivity contribution in [3.63, 3.8) is 0 Å². The average molecular weight is 448 g/mol. The van der Waals surface area contributed by atoms with Crippen LogP contribution in [0.5, 0.6) is 17.2 Å². The highest BCUT2D eigenvalue weighted by molar-refractivity contribution is 5.31. The van der Waals surface area contributed by atoms with Gasteiger partial charge >= 0.3 is 0 Å². The second kappa shape index (κ2) is 11.2. The number of piperidine rings is 1. The van der Waals surface area contributed by atoms with E-state index in [0.717, 1.165) is 47.8 Å². The summed E-state index contributed by atoms with van der Waals surface area (Å²) in [7, 11) is 1.66. The zero-order valence-electron chi connectivity index (χ0n) is 19.2. The van der Waals surface area contributed by atoms with Crippen LogP contribution in [0.15, 0.2) is 78.9 Å². The van der Waals surface area contributed by atoms with Crippen molar-refractivity contribution in [3.8, 4) is 17.2 Å². The molecular weight excluding hydrogens is 414 g/mol. The van der Waals surface area contributed by atoms with Gasteiger partial charge in [-0.3, -0.25) is 0 Å². The zero-order chi connectivity index (χ0) is 22.9. The lowest BCUT2D eigenvalue weighted by Gasteiger charge is -2.38.